The molecular weight excluding hydrogens is 616 g/mol. The quantitative estimate of drug-likeness (QED) is 0.118. The molecule has 0 bridgehead atoms. The van der Waals surface area contributed by atoms with Gasteiger partial charge in [-0.1, -0.05) is 72.8 Å². The fraction of sp³-hybridized carbons (Fsp3) is 0.270. The van der Waals surface area contributed by atoms with E-state index in [9.17, 15) is 19.5 Å². The van der Waals surface area contributed by atoms with Crippen LogP contribution in [-0.4, -0.2) is 39.9 Å². The lowest BCUT2D eigenvalue weighted by Gasteiger charge is -2.36. The summed E-state index contributed by atoms with van der Waals surface area (Å²) in [6.45, 7) is 1.75. The molecular formula is C37H38N2O7S. The average molecular weight is 655 g/mol. The average Bonchev–Trinajstić information content (AvgIpc) is 3.09. The first-order valence-electron chi connectivity index (χ1n) is 15.4. The van der Waals surface area contributed by atoms with Gasteiger partial charge in [0.25, 0.3) is 0 Å². The van der Waals surface area contributed by atoms with Crippen molar-refractivity contribution in [3.05, 3.63) is 119 Å². The summed E-state index contributed by atoms with van der Waals surface area (Å²) in [4.78, 5) is 35.4. The number of anilines is 1. The second-order valence-corrected chi connectivity index (χ2v) is 12.4. The summed E-state index contributed by atoms with van der Waals surface area (Å²) < 4.78 is 13.0. The van der Waals surface area contributed by atoms with Gasteiger partial charge in [-0.3, -0.25) is 14.4 Å². The molecule has 47 heavy (non-hydrogen) atoms. The number of amides is 2. The van der Waals surface area contributed by atoms with Crippen LogP contribution in [0.25, 0.3) is 11.1 Å². The van der Waals surface area contributed by atoms with E-state index >= 15 is 0 Å². The Hall–Kier alpha value is -4.48. The molecule has 1 aliphatic heterocycles. The zero-order valence-corrected chi connectivity index (χ0v) is 26.9. The molecule has 4 aromatic carbocycles. The Balaban J connectivity index is 1.30. The number of carboxylic acids is 1. The molecule has 9 nitrogen and oxygen atoms in total. The third-order valence-corrected chi connectivity index (χ3v) is 8.92. The van der Waals surface area contributed by atoms with Crippen molar-refractivity contribution < 1.29 is 34.1 Å². The smallest absolute Gasteiger partial charge is 0.303 e. The third kappa shape index (κ3) is 9.76. The third-order valence-electron chi connectivity index (χ3n) is 7.78. The standard InChI is InChI=1S/C37H38N2O7S/c1-24(41)39-30-14-16-32(17-15-30)47-23-31-20-34(27-8-6-25(22-40)7-9-27)46-37(45-31)28-12-10-26(11-13-28)33-5-3-2-4-29(33)21-38-35(42)18-19-36(43)44/h2-17,31,34,37,40H,18-23H2,1H3,(H,38,42)(H,39,41)(H,43,44)/t31-,34+,37+/m1/s1. The molecule has 2 amide bonds. The molecule has 1 aliphatic rings. The number of aliphatic hydroxyl groups excluding tert-OH is 1. The van der Waals surface area contributed by atoms with Crippen LogP contribution in [0.2, 0.25) is 0 Å². The summed E-state index contributed by atoms with van der Waals surface area (Å²) in [5, 5.41) is 24.0. The lowest BCUT2D eigenvalue weighted by molar-refractivity contribution is -0.245. The molecule has 0 spiro atoms. The Morgan fingerprint density at radius 3 is 2.23 bits per heavy atom. The van der Waals surface area contributed by atoms with E-state index in [0.717, 1.165) is 44.0 Å². The maximum absolute atomic E-state index is 12.1. The monoisotopic (exact) mass is 654 g/mol. The first-order chi connectivity index (χ1) is 22.8. The topological polar surface area (TPSA) is 134 Å². The van der Waals surface area contributed by atoms with Gasteiger partial charge in [-0.25, -0.2) is 0 Å². The van der Waals surface area contributed by atoms with E-state index < -0.39 is 12.3 Å². The van der Waals surface area contributed by atoms with Gasteiger partial charge >= 0.3 is 5.97 Å². The minimum absolute atomic E-state index is 0.0237. The van der Waals surface area contributed by atoms with Gasteiger partial charge in [-0.2, -0.15) is 0 Å². The number of carboxylic acid groups (broad SMARTS) is 1. The minimum atomic E-state index is -1.00. The second kappa shape index (κ2) is 16.4. The Morgan fingerprint density at radius 1 is 0.851 bits per heavy atom. The number of aliphatic hydroxyl groups is 1. The molecule has 244 valence electrons. The van der Waals surface area contributed by atoms with Crippen molar-refractivity contribution in [3.63, 3.8) is 0 Å². The van der Waals surface area contributed by atoms with Crippen LogP contribution in [0.5, 0.6) is 0 Å². The molecule has 0 radical (unpaired) electrons. The van der Waals surface area contributed by atoms with Crippen LogP contribution < -0.4 is 10.6 Å². The van der Waals surface area contributed by atoms with Gasteiger partial charge in [0.1, 0.15) is 0 Å². The molecule has 1 fully saturated rings. The van der Waals surface area contributed by atoms with Gasteiger partial charge < -0.3 is 30.3 Å². The highest BCUT2D eigenvalue weighted by Crippen LogP contribution is 2.40. The van der Waals surface area contributed by atoms with E-state index in [4.69, 9.17) is 14.6 Å². The molecule has 10 heteroatoms. The van der Waals surface area contributed by atoms with E-state index in [1.54, 1.807) is 11.8 Å². The summed E-state index contributed by atoms with van der Waals surface area (Å²) in [6.07, 6.45) is -0.528. The van der Waals surface area contributed by atoms with Crippen LogP contribution in [-0.2, 0) is 37.0 Å². The summed E-state index contributed by atoms with van der Waals surface area (Å²) in [6, 6.07) is 31.3. The zero-order chi connectivity index (χ0) is 33.2. The number of thioether (sulfide) groups is 1. The van der Waals surface area contributed by atoms with Crippen molar-refractivity contribution in [2.24, 2.45) is 0 Å². The largest absolute Gasteiger partial charge is 0.481 e. The number of carbonyl (C=O) groups is 3. The fourth-order valence-electron chi connectivity index (χ4n) is 5.33. The van der Waals surface area contributed by atoms with Crippen molar-refractivity contribution in [3.8, 4) is 11.1 Å². The number of ether oxygens (including phenoxy) is 2. The lowest BCUT2D eigenvalue weighted by Crippen LogP contribution is -2.31. The lowest BCUT2D eigenvalue weighted by atomic mass is 9.97. The predicted octanol–water partition coefficient (Wildman–Crippen LogP) is 6.62. The normalized spacial score (nSPS) is 17.5. The molecule has 4 aromatic rings. The number of carbonyl (C=O) groups excluding carboxylic acids is 2. The van der Waals surface area contributed by atoms with Crippen molar-refractivity contribution in [1.82, 2.24) is 5.32 Å². The molecule has 0 aliphatic carbocycles. The summed E-state index contributed by atoms with van der Waals surface area (Å²) in [5.41, 5.74) is 6.32. The molecule has 4 N–H and O–H groups in total. The van der Waals surface area contributed by atoms with Gasteiger partial charge in [0, 0.05) is 48.2 Å². The Kier molecular flexibility index (Phi) is 11.8. The molecule has 0 unspecified atom stereocenters. The van der Waals surface area contributed by atoms with Crippen molar-refractivity contribution in [2.45, 2.75) is 62.7 Å². The number of hydrogen-bond acceptors (Lipinski definition) is 7. The van der Waals surface area contributed by atoms with Gasteiger partial charge in [0.15, 0.2) is 6.29 Å². The fourth-order valence-corrected chi connectivity index (χ4v) is 6.25. The first kappa shape index (κ1) is 33.9. The number of rotatable bonds is 13. The van der Waals surface area contributed by atoms with Crippen LogP contribution in [0.15, 0.2) is 102 Å². The van der Waals surface area contributed by atoms with Crippen molar-refractivity contribution >= 4 is 35.2 Å². The molecule has 3 atom stereocenters. The van der Waals surface area contributed by atoms with E-state index in [2.05, 4.69) is 10.6 Å². The summed E-state index contributed by atoms with van der Waals surface area (Å²) in [5.74, 6) is -0.717. The predicted molar refractivity (Wildman–Crippen MR) is 180 cm³/mol. The van der Waals surface area contributed by atoms with E-state index in [1.165, 1.54) is 6.92 Å². The van der Waals surface area contributed by atoms with Crippen LogP contribution in [0.1, 0.15) is 60.8 Å². The maximum atomic E-state index is 12.1. The second-order valence-electron chi connectivity index (χ2n) is 11.3. The van der Waals surface area contributed by atoms with Gasteiger partial charge in [-0.05, 0) is 52.1 Å². The van der Waals surface area contributed by atoms with Gasteiger partial charge in [0.05, 0.1) is 25.2 Å². The van der Waals surface area contributed by atoms with Crippen LogP contribution in [0.4, 0.5) is 5.69 Å². The van der Waals surface area contributed by atoms with Crippen LogP contribution in [0, 0.1) is 0 Å². The number of benzene rings is 4. The summed E-state index contributed by atoms with van der Waals surface area (Å²) >= 11 is 1.68. The Morgan fingerprint density at radius 2 is 1.55 bits per heavy atom. The molecule has 5 rings (SSSR count). The summed E-state index contributed by atoms with van der Waals surface area (Å²) in [7, 11) is 0. The van der Waals surface area contributed by atoms with Gasteiger partial charge in [-0.15, -0.1) is 11.8 Å². The van der Waals surface area contributed by atoms with E-state index in [1.807, 2.05) is 97.1 Å². The highest BCUT2D eigenvalue weighted by atomic mass is 32.2. The van der Waals surface area contributed by atoms with Crippen LogP contribution in [0.3, 0.4) is 0 Å². The van der Waals surface area contributed by atoms with Crippen molar-refractivity contribution in [2.75, 3.05) is 11.1 Å². The molecule has 1 heterocycles. The zero-order valence-electron chi connectivity index (χ0n) is 26.1. The van der Waals surface area contributed by atoms with Crippen LogP contribution >= 0.6 is 11.8 Å². The Labute approximate surface area is 278 Å². The SMILES string of the molecule is CC(=O)Nc1ccc(SC[C@H]2C[C@@H](c3ccc(CO)cc3)O[C@@H](c3ccc(-c4ccccc4CNC(=O)CCC(=O)O)cc3)O2)cc1. The van der Waals surface area contributed by atoms with E-state index in [0.29, 0.717) is 12.2 Å². The van der Waals surface area contributed by atoms with E-state index in [-0.39, 0.29) is 50.0 Å². The highest BCUT2D eigenvalue weighted by molar-refractivity contribution is 7.99. The maximum Gasteiger partial charge on any atom is 0.303 e. The molecule has 0 aromatic heterocycles. The molecule has 1 saturated heterocycles. The van der Waals surface area contributed by atoms with Crippen molar-refractivity contribution in [1.29, 1.82) is 0 Å². The van der Waals surface area contributed by atoms with Gasteiger partial charge in [0.2, 0.25) is 11.8 Å². The highest BCUT2D eigenvalue weighted by Gasteiger charge is 2.32. The molecule has 0 saturated carbocycles. The minimum Gasteiger partial charge on any atom is -0.481 e. The Bertz CT molecular complexity index is 1660. The number of aliphatic carboxylic acids is 1. The number of nitrogens with one attached hydrogen (secondary N) is 2. The number of hydrogen-bond donors (Lipinski definition) is 4. The first-order valence-corrected chi connectivity index (χ1v) is 16.4.